The van der Waals surface area contributed by atoms with Gasteiger partial charge in [0.25, 0.3) is 0 Å². The summed E-state index contributed by atoms with van der Waals surface area (Å²) in [6.07, 6.45) is 0.883. The molecule has 0 saturated carbocycles. The third-order valence-corrected chi connectivity index (χ3v) is 6.94. The first kappa shape index (κ1) is 21.1. The Kier molecular flexibility index (Phi) is 6.76. The van der Waals surface area contributed by atoms with Crippen molar-refractivity contribution in [1.82, 2.24) is 4.31 Å². The van der Waals surface area contributed by atoms with E-state index in [0.29, 0.717) is 18.6 Å². The lowest BCUT2D eigenvalue weighted by Gasteiger charge is -2.30. The second kappa shape index (κ2) is 9.28. The number of methoxy groups -OCH3 is 2. The molecule has 3 rings (SSSR count). The summed E-state index contributed by atoms with van der Waals surface area (Å²) in [7, 11) is -0.461. The van der Waals surface area contributed by atoms with E-state index in [9.17, 15) is 13.2 Å². The van der Waals surface area contributed by atoms with Crippen LogP contribution in [0.2, 0.25) is 0 Å². The average molecular weight is 419 g/mol. The molecule has 0 aliphatic carbocycles. The number of benzene rings is 2. The van der Waals surface area contributed by atoms with Crippen molar-refractivity contribution in [3.8, 4) is 11.5 Å². The topological polar surface area (TPSA) is 82.1 Å². The maximum absolute atomic E-state index is 12.8. The van der Waals surface area contributed by atoms with Crippen molar-refractivity contribution >= 4 is 16.0 Å². The van der Waals surface area contributed by atoms with Crippen LogP contribution in [-0.4, -0.2) is 46.0 Å². The molecule has 0 spiro atoms. The first-order valence-electron chi connectivity index (χ1n) is 9.38. The highest BCUT2D eigenvalue weighted by molar-refractivity contribution is 7.89. The number of esters is 1. The molecule has 0 unspecified atom stereocenters. The minimum Gasteiger partial charge on any atom is -0.497 e. The number of sulfonamides is 1. The molecule has 7 nitrogen and oxygen atoms in total. The Balaban J connectivity index is 1.52. The lowest BCUT2D eigenvalue weighted by Crippen LogP contribution is -2.40. The maximum atomic E-state index is 12.8. The van der Waals surface area contributed by atoms with Crippen LogP contribution in [-0.2, 0) is 26.2 Å². The zero-order valence-electron chi connectivity index (χ0n) is 16.5. The molecule has 1 aliphatic heterocycles. The largest absolute Gasteiger partial charge is 0.497 e. The molecule has 1 fully saturated rings. The van der Waals surface area contributed by atoms with Gasteiger partial charge in [0, 0.05) is 13.1 Å². The van der Waals surface area contributed by atoms with E-state index in [2.05, 4.69) is 0 Å². The van der Waals surface area contributed by atoms with Crippen molar-refractivity contribution in [1.29, 1.82) is 0 Å². The summed E-state index contributed by atoms with van der Waals surface area (Å²) in [5.41, 5.74) is 0.874. The highest BCUT2D eigenvalue weighted by atomic mass is 32.2. The molecule has 0 amide bonds. The lowest BCUT2D eigenvalue weighted by molar-refractivity contribution is -0.151. The predicted molar refractivity (Wildman–Crippen MR) is 107 cm³/mol. The fraction of sp³-hybridized carbons (Fsp3) is 0.381. The molecule has 1 aliphatic rings. The number of carbonyl (C=O) groups excluding carboxylic acids is 1. The van der Waals surface area contributed by atoms with E-state index in [1.807, 2.05) is 24.3 Å². The Bertz CT molecular complexity index is 917. The van der Waals surface area contributed by atoms with Gasteiger partial charge in [-0.05, 0) is 54.8 Å². The Morgan fingerprint density at radius 1 is 0.931 bits per heavy atom. The highest BCUT2D eigenvalue weighted by Gasteiger charge is 2.32. The van der Waals surface area contributed by atoms with Crippen LogP contribution in [0, 0.1) is 5.92 Å². The van der Waals surface area contributed by atoms with Gasteiger partial charge in [0.1, 0.15) is 18.1 Å². The Morgan fingerprint density at radius 3 is 1.97 bits per heavy atom. The summed E-state index contributed by atoms with van der Waals surface area (Å²) in [4.78, 5) is 12.6. The van der Waals surface area contributed by atoms with Gasteiger partial charge in [-0.25, -0.2) is 8.42 Å². The van der Waals surface area contributed by atoms with Gasteiger partial charge in [-0.2, -0.15) is 4.31 Å². The number of hydrogen-bond acceptors (Lipinski definition) is 6. The minimum atomic E-state index is -3.58. The maximum Gasteiger partial charge on any atom is 0.309 e. The summed E-state index contributed by atoms with van der Waals surface area (Å²) in [5, 5.41) is 0. The van der Waals surface area contributed by atoms with Gasteiger partial charge >= 0.3 is 5.97 Å². The van der Waals surface area contributed by atoms with Crippen molar-refractivity contribution in [2.24, 2.45) is 5.92 Å². The average Bonchev–Trinajstić information content (AvgIpc) is 2.78. The molecule has 29 heavy (non-hydrogen) atoms. The number of hydrogen-bond donors (Lipinski definition) is 0. The summed E-state index contributed by atoms with van der Waals surface area (Å²) in [5.74, 6) is 0.755. The van der Waals surface area contributed by atoms with Crippen molar-refractivity contribution in [2.45, 2.75) is 24.3 Å². The number of ether oxygens (including phenoxy) is 3. The third-order valence-electron chi connectivity index (χ3n) is 5.02. The number of rotatable bonds is 7. The smallest absolute Gasteiger partial charge is 0.309 e. The van der Waals surface area contributed by atoms with Gasteiger partial charge in [-0.3, -0.25) is 4.79 Å². The number of piperidine rings is 1. The monoisotopic (exact) mass is 419 g/mol. The van der Waals surface area contributed by atoms with Gasteiger partial charge in [0.15, 0.2) is 0 Å². The third kappa shape index (κ3) is 5.07. The quantitative estimate of drug-likeness (QED) is 0.642. The van der Waals surface area contributed by atoms with Crippen molar-refractivity contribution < 1.29 is 27.4 Å². The van der Waals surface area contributed by atoms with Crippen LogP contribution in [0.25, 0.3) is 0 Å². The Hall–Kier alpha value is -2.58. The normalized spacial score (nSPS) is 15.7. The molecule has 0 N–H and O–H groups in total. The molecule has 0 radical (unpaired) electrons. The van der Waals surface area contributed by atoms with Crippen molar-refractivity contribution in [2.75, 3.05) is 27.3 Å². The van der Waals surface area contributed by atoms with Gasteiger partial charge < -0.3 is 14.2 Å². The van der Waals surface area contributed by atoms with Crippen LogP contribution in [0.4, 0.5) is 0 Å². The minimum absolute atomic E-state index is 0.188. The van der Waals surface area contributed by atoms with Crippen LogP contribution in [0.3, 0.4) is 0 Å². The van der Waals surface area contributed by atoms with Gasteiger partial charge in [0.2, 0.25) is 10.0 Å². The molecule has 0 atom stereocenters. The standard InChI is InChI=1S/C21H25NO6S/c1-26-18-5-3-16(4-6-18)15-28-21(23)17-11-13-22(14-12-17)29(24,25)20-9-7-19(27-2)8-10-20/h3-10,17H,11-15H2,1-2H3. The number of nitrogens with zero attached hydrogens (tertiary/aromatic N) is 1. The number of carbonyl (C=O) groups is 1. The second-order valence-electron chi connectivity index (χ2n) is 6.81. The van der Waals surface area contributed by atoms with Crippen LogP contribution < -0.4 is 9.47 Å². The molecule has 2 aromatic carbocycles. The lowest BCUT2D eigenvalue weighted by atomic mass is 9.98. The van der Waals surface area contributed by atoms with Gasteiger partial charge in [-0.15, -0.1) is 0 Å². The Morgan fingerprint density at radius 2 is 1.45 bits per heavy atom. The van der Waals surface area contributed by atoms with E-state index in [1.54, 1.807) is 19.2 Å². The molecule has 0 aromatic heterocycles. The Labute approximate surface area is 171 Å². The van der Waals surface area contributed by atoms with E-state index in [1.165, 1.54) is 23.5 Å². The molecular weight excluding hydrogens is 394 g/mol. The fourth-order valence-electron chi connectivity index (χ4n) is 3.22. The van der Waals surface area contributed by atoms with Gasteiger partial charge in [-0.1, -0.05) is 12.1 Å². The van der Waals surface area contributed by atoms with E-state index in [-0.39, 0.29) is 36.5 Å². The summed E-state index contributed by atoms with van der Waals surface area (Å²) >= 11 is 0. The van der Waals surface area contributed by atoms with Crippen LogP contribution >= 0.6 is 0 Å². The first-order chi connectivity index (χ1) is 13.9. The van der Waals surface area contributed by atoms with E-state index in [4.69, 9.17) is 14.2 Å². The molecule has 1 heterocycles. The van der Waals surface area contributed by atoms with E-state index in [0.717, 1.165) is 11.3 Å². The molecule has 1 saturated heterocycles. The molecule has 156 valence electrons. The van der Waals surface area contributed by atoms with Crippen molar-refractivity contribution in [3.05, 3.63) is 54.1 Å². The molecule has 8 heteroatoms. The molecular formula is C21H25NO6S. The summed E-state index contributed by atoms with van der Waals surface area (Å²) in [6.45, 7) is 0.764. The van der Waals surface area contributed by atoms with E-state index < -0.39 is 10.0 Å². The van der Waals surface area contributed by atoms with Crippen LogP contribution in [0.1, 0.15) is 18.4 Å². The summed E-state index contributed by atoms with van der Waals surface area (Å²) < 4.78 is 42.6. The molecule has 0 bridgehead atoms. The fourth-order valence-corrected chi connectivity index (χ4v) is 4.69. The zero-order valence-corrected chi connectivity index (χ0v) is 17.4. The van der Waals surface area contributed by atoms with E-state index >= 15 is 0 Å². The predicted octanol–water partition coefficient (Wildman–Crippen LogP) is 2.85. The summed E-state index contributed by atoms with van der Waals surface area (Å²) in [6, 6.07) is 13.6. The van der Waals surface area contributed by atoms with Crippen molar-refractivity contribution in [3.63, 3.8) is 0 Å². The second-order valence-corrected chi connectivity index (χ2v) is 8.75. The zero-order chi connectivity index (χ0) is 20.9. The molecule has 2 aromatic rings. The van der Waals surface area contributed by atoms with Crippen LogP contribution in [0.15, 0.2) is 53.4 Å². The SMILES string of the molecule is COc1ccc(COC(=O)C2CCN(S(=O)(=O)c3ccc(OC)cc3)CC2)cc1. The first-order valence-corrected chi connectivity index (χ1v) is 10.8. The van der Waals surface area contributed by atoms with Crippen LogP contribution in [0.5, 0.6) is 11.5 Å². The van der Waals surface area contributed by atoms with Gasteiger partial charge in [0.05, 0.1) is 25.0 Å². The highest BCUT2D eigenvalue weighted by Crippen LogP contribution is 2.26.